The summed E-state index contributed by atoms with van der Waals surface area (Å²) in [4.78, 5) is 11.9. The van der Waals surface area contributed by atoms with Crippen molar-refractivity contribution in [3.8, 4) is 0 Å². The Balaban J connectivity index is 1.82. The summed E-state index contributed by atoms with van der Waals surface area (Å²) in [6, 6.07) is 0. The van der Waals surface area contributed by atoms with Gasteiger partial charge in [-0.1, -0.05) is 12.8 Å². The summed E-state index contributed by atoms with van der Waals surface area (Å²) in [5, 5.41) is 0. The summed E-state index contributed by atoms with van der Waals surface area (Å²) in [6.07, 6.45) is 9.12. The SMILES string of the molecule is O=C1CCCCCC1CC1CCOCC1. The first kappa shape index (κ1) is 11.1. The second-order valence-corrected chi connectivity index (χ2v) is 5.05. The molecule has 0 radical (unpaired) electrons. The fraction of sp³-hybridized carbons (Fsp3) is 0.923. The lowest BCUT2D eigenvalue weighted by molar-refractivity contribution is -0.123. The van der Waals surface area contributed by atoms with Crippen molar-refractivity contribution in [1.29, 1.82) is 0 Å². The van der Waals surface area contributed by atoms with Gasteiger partial charge < -0.3 is 4.74 Å². The summed E-state index contributed by atoms with van der Waals surface area (Å²) in [6.45, 7) is 1.82. The molecule has 1 saturated carbocycles. The summed E-state index contributed by atoms with van der Waals surface area (Å²) in [5.41, 5.74) is 0. The molecule has 1 unspecified atom stereocenters. The molecule has 86 valence electrons. The van der Waals surface area contributed by atoms with E-state index >= 15 is 0 Å². The van der Waals surface area contributed by atoms with Crippen LogP contribution in [0.4, 0.5) is 0 Å². The highest BCUT2D eigenvalue weighted by atomic mass is 16.5. The molecule has 1 aliphatic heterocycles. The van der Waals surface area contributed by atoms with E-state index in [1.807, 2.05) is 0 Å². The summed E-state index contributed by atoms with van der Waals surface area (Å²) < 4.78 is 5.36. The third-order valence-electron chi connectivity index (χ3n) is 3.89. The van der Waals surface area contributed by atoms with Gasteiger partial charge >= 0.3 is 0 Å². The van der Waals surface area contributed by atoms with Gasteiger partial charge in [0.1, 0.15) is 5.78 Å². The van der Waals surface area contributed by atoms with Crippen LogP contribution in [-0.4, -0.2) is 19.0 Å². The molecule has 1 aliphatic carbocycles. The number of carbonyl (C=O) groups is 1. The van der Waals surface area contributed by atoms with Crippen molar-refractivity contribution in [2.75, 3.05) is 13.2 Å². The second kappa shape index (κ2) is 5.64. The lowest BCUT2D eigenvalue weighted by Gasteiger charge is -2.25. The number of carbonyl (C=O) groups excluding carboxylic acids is 1. The normalized spacial score (nSPS) is 30.1. The number of ether oxygens (including phenoxy) is 1. The molecule has 2 fully saturated rings. The van der Waals surface area contributed by atoms with Crippen LogP contribution in [0, 0.1) is 11.8 Å². The highest BCUT2D eigenvalue weighted by Crippen LogP contribution is 2.29. The van der Waals surface area contributed by atoms with Gasteiger partial charge in [0.15, 0.2) is 0 Å². The molecule has 2 aliphatic rings. The van der Waals surface area contributed by atoms with Crippen LogP contribution in [0.3, 0.4) is 0 Å². The van der Waals surface area contributed by atoms with Crippen molar-refractivity contribution >= 4 is 5.78 Å². The Morgan fingerprint density at radius 2 is 1.87 bits per heavy atom. The quantitative estimate of drug-likeness (QED) is 0.655. The van der Waals surface area contributed by atoms with E-state index in [4.69, 9.17) is 4.74 Å². The van der Waals surface area contributed by atoms with Crippen LogP contribution in [0.5, 0.6) is 0 Å². The Morgan fingerprint density at radius 3 is 2.67 bits per heavy atom. The van der Waals surface area contributed by atoms with Crippen LogP contribution < -0.4 is 0 Å². The zero-order valence-corrected chi connectivity index (χ0v) is 9.54. The van der Waals surface area contributed by atoms with Gasteiger partial charge in [0.25, 0.3) is 0 Å². The van der Waals surface area contributed by atoms with E-state index in [1.54, 1.807) is 0 Å². The minimum atomic E-state index is 0.385. The van der Waals surface area contributed by atoms with Crippen LogP contribution in [0.1, 0.15) is 51.4 Å². The van der Waals surface area contributed by atoms with Crippen molar-refractivity contribution in [3.05, 3.63) is 0 Å². The molecule has 0 amide bonds. The Hall–Kier alpha value is -0.370. The molecule has 2 rings (SSSR count). The molecule has 0 aromatic carbocycles. The highest BCUT2D eigenvalue weighted by molar-refractivity contribution is 5.81. The fourth-order valence-electron chi connectivity index (χ4n) is 2.87. The molecule has 0 aromatic heterocycles. The van der Waals surface area contributed by atoms with Gasteiger partial charge in [-0.05, 0) is 38.0 Å². The first-order chi connectivity index (χ1) is 7.36. The average molecular weight is 210 g/mol. The minimum Gasteiger partial charge on any atom is -0.381 e. The number of ketones is 1. The molecule has 0 spiro atoms. The predicted octanol–water partition coefficient (Wildman–Crippen LogP) is 2.95. The molecule has 1 heterocycles. The van der Waals surface area contributed by atoms with Crippen LogP contribution in [0.2, 0.25) is 0 Å². The standard InChI is InChI=1S/C13H22O2/c14-13-5-3-1-2-4-12(13)10-11-6-8-15-9-7-11/h11-12H,1-10H2. The second-order valence-electron chi connectivity index (χ2n) is 5.05. The first-order valence-electron chi connectivity index (χ1n) is 6.46. The number of hydrogen-bond donors (Lipinski definition) is 0. The third kappa shape index (κ3) is 3.30. The maximum Gasteiger partial charge on any atom is 0.135 e. The van der Waals surface area contributed by atoms with E-state index in [2.05, 4.69) is 0 Å². The largest absolute Gasteiger partial charge is 0.381 e. The van der Waals surface area contributed by atoms with Crippen molar-refractivity contribution < 1.29 is 9.53 Å². The Labute approximate surface area is 92.4 Å². The molecule has 1 saturated heterocycles. The summed E-state index contributed by atoms with van der Waals surface area (Å²) in [7, 11) is 0. The lowest BCUT2D eigenvalue weighted by atomic mass is 9.84. The van der Waals surface area contributed by atoms with E-state index < -0.39 is 0 Å². The van der Waals surface area contributed by atoms with Crippen molar-refractivity contribution in [2.24, 2.45) is 11.8 Å². The molecule has 1 atom stereocenters. The van der Waals surface area contributed by atoms with Gasteiger partial charge in [0.2, 0.25) is 0 Å². The van der Waals surface area contributed by atoms with Gasteiger partial charge in [0.05, 0.1) is 0 Å². The van der Waals surface area contributed by atoms with Crippen molar-refractivity contribution in [1.82, 2.24) is 0 Å². The first-order valence-corrected chi connectivity index (χ1v) is 6.46. The summed E-state index contributed by atoms with van der Waals surface area (Å²) >= 11 is 0. The molecular weight excluding hydrogens is 188 g/mol. The minimum absolute atomic E-state index is 0.385. The molecule has 15 heavy (non-hydrogen) atoms. The molecule has 2 nitrogen and oxygen atoms in total. The molecular formula is C13H22O2. The number of rotatable bonds is 2. The van der Waals surface area contributed by atoms with Gasteiger partial charge in [0, 0.05) is 25.6 Å². The number of hydrogen-bond acceptors (Lipinski definition) is 2. The van der Waals surface area contributed by atoms with Crippen LogP contribution in [0.15, 0.2) is 0 Å². The number of Topliss-reactive ketones (excluding diaryl/α,β-unsaturated/α-hetero) is 1. The fourth-order valence-corrected chi connectivity index (χ4v) is 2.87. The Morgan fingerprint density at radius 1 is 1.07 bits per heavy atom. The van der Waals surface area contributed by atoms with E-state index in [9.17, 15) is 4.79 Å². The Kier molecular flexibility index (Phi) is 4.18. The highest BCUT2D eigenvalue weighted by Gasteiger charge is 2.25. The van der Waals surface area contributed by atoms with Crippen molar-refractivity contribution in [3.63, 3.8) is 0 Å². The third-order valence-corrected chi connectivity index (χ3v) is 3.89. The maximum atomic E-state index is 11.9. The topological polar surface area (TPSA) is 26.3 Å². The Bertz CT molecular complexity index is 207. The zero-order chi connectivity index (χ0) is 10.5. The van der Waals surface area contributed by atoms with E-state index in [0.717, 1.165) is 44.8 Å². The van der Waals surface area contributed by atoms with Crippen LogP contribution in [0.25, 0.3) is 0 Å². The van der Waals surface area contributed by atoms with E-state index in [-0.39, 0.29) is 0 Å². The van der Waals surface area contributed by atoms with Gasteiger partial charge in [-0.2, -0.15) is 0 Å². The molecule has 2 heteroatoms. The smallest absolute Gasteiger partial charge is 0.135 e. The van der Waals surface area contributed by atoms with Gasteiger partial charge in [-0.15, -0.1) is 0 Å². The van der Waals surface area contributed by atoms with Gasteiger partial charge in [-0.3, -0.25) is 4.79 Å². The maximum absolute atomic E-state index is 11.9. The van der Waals surface area contributed by atoms with Gasteiger partial charge in [-0.25, -0.2) is 0 Å². The predicted molar refractivity (Wildman–Crippen MR) is 59.7 cm³/mol. The summed E-state index contributed by atoms with van der Waals surface area (Å²) in [5.74, 6) is 1.68. The molecule has 0 aromatic rings. The lowest BCUT2D eigenvalue weighted by Crippen LogP contribution is -2.22. The van der Waals surface area contributed by atoms with Crippen molar-refractivity contribution in [2.45, 2.75) is 51.4 Å². The monoisotopic (exact) mass is 210 g/mol. The molecule has 0 N–H and O–H groups in total. The van der Waals surface area contributed by atoms with Crippen LogP contribution in [-0.2, 0) is 9.53 Å². The average Bonchev–Trinajstić information content (AvgIpc) is 2.46. The van der Waals surface area contributed by atoms with E-state index in [0.29, 0.717) is 11.7 Å². The zero-order valence-electron chi connectivity index (χ0n) is 9.54. The van der Waals surface area contributed by atoms with Crippen LogP contribution >= 0.6 is 0 Å². The van der Waals surface area contributed by atoms with E-state index in [1.165, 1.54) is 25.7 Å². The molecule has 0 bridgehead atoms.